The summed E-state index contributed by atoms with van der Waals surface area (Å²) >= 11 is 0. The summed E-state index contributed by atoms with van der Waals surface area (Å²) in [5.74, 6) is 0. The molecule has 0 amide bonds. The number of rotatable bonds is 18. The lowest BCUT2D eigenvalue weighted by atomic mass is 10.2. The van der Waals surface area contributed by atoms with Crippen LogP contribution in [0.25, 0.3) is 0 Å². The lowest BCUT2D eigenvalue weighted by Crippen LogP contribution is -2.22. The summed E-state index contributed by atoms with van der Waals surface area (Å²) < 4.78 is 41.0. The highest BCUT2D eigenvalue weighted by Gasteiger charge is 2.03. The number of allylic oxidation sites excluding steroid dienone is 8. The van der Waals surface area contributed by atoms with E-state index in [0.29, 0.717) is 12.8 Å². The van der Waals surface area contributed by atoms with Crippen LogP contribution in [-0.4, -0.2) is 36.0 Å². The summed E-state index contributed by atoms with van der Waals surface area (Å²) in [5.41, 5.74) is 0. The lowest BCUT2D eigenvalue weighted by Gasteiger charge is -2.11. The van der Waals surface area contributed by atoms with Crippen molar-refractivity contribution < 1.29 is 21.8 Å². The molecule has 0 unspecified atom stereocenters. The zero-order valence-electron chi connectivity index (χ0n) is 21.2. The van der Waals surface area contributed by atoms with Crippen LogP contribution in [0.15, 0.2) is 48.6 Å². The number of unbranched alkanes of at least 4 members (excludes halogenated alkanes) is 5. The minimum absolute atomic E-state index is 0.141. The van der Waals surface area contributed by atoms with Crippen LogP contribution in [0, 0.1) is 0 Å². The van der Waals surface area contributed by atoms with Crippen LogP contribution in [0.3, 0.4) is 0 Å². The second-order valence-electron chi connectivity index (χ2n) is 5.99. The quantitative estimate of drug-likeness (QED) is 0.248. The van der Waals surface area contributed by atoms with Gasteiger partial charge in [-0.05, 0) is 51.4 Å². The third-order valence-electron chi connectivity index (χ3n) is 3.67. The Balaban J connectivity index is 3.83. The molecule has 0 aromatic heterocycles. The fourth-order valence-electron chi connectivity index (χ4n) is 2.19. The van der Waals surface area contributed by atoms with Crippen molar-refractivity contribution in [3.63, 3.8) is 0 Å². The third kappa shape index (κ3) is 19.2. The summed E-state index contributed by atoms with van der Waals surface area (Å²) in [5, 5.41) is 18.6. The molecule has 0 saturated heterocycles. The summed E-state index contributed by atoms with van der Waals surface area (Å²) in [7, 11) is 0. The predicted molar refractivity (Wildman–Crippen MR) is 112 cm³/mol. The first-order valence-corrected chi connectivity index (χ1v) is 9.75. The molecule has 2 N–H and O–H groups in total. The highest BCUT2D eigenvalue weighted by atomic mass is 16.5. The highest BCUT2D eigenvalue weighted by molar-refractivity contribution is 4.99. The Morgan fingerprint density at radius 2 is 1.23 bits per heavy atom. The molecule has 0 heterocycles. The van der Waals surface area contributed by atoms with E-state index < -0.39 is 19.2 Å². The zero-order chi connectivity index (χ0) is 23.6. The molecule has 0 aromatic carbocycles. The molecule has 3 heteroatoms. The summed E-state index contributed by atoms with van der Waals surface area (Å²) in [4.78, 5) is 0. The molecule has 0 aliphatic heterocycles. The number of ether oxygens (including phenoxy) is 1. The maximum atomic E-state index is 9.32. The molecule has 0 rings (SSSR count). The summed E-state index contributed by atoms with van der Waals surface area (Å²) in [6.07, 6.45) is 23.7. The second kappa shape index (κ2) is 21.9. The van der Waals surface area contributed by atoms with Crippen molar-refractivity contribution in [2.24, 2.45) is 0 Å². The monoisotopic (exact) mass is 369 g/mol. The van der Waals surface area contributed by atoms with Crippen molar-refractivity contribution >= 4 is 0 Å². The average molecular weight is 370 g/mol. The predicted octanol–water partition coefficient (Wildman–Crippen LogP) is 5.50. The van der Waals surface area contributed by atoms with Gasteiger partial charge in [-0.25, -0.2) is 0 Å². The summed E-state index contributed by atoms with van der Waals surface area (Å²) in [6, 6.07) is 0. The Bertz CT molecular complexity index is 547. The Morgan fingerprint density at radius 1 is 0.769 bits per heavy atom. The van der Waals surface area contributed by atoms with Gasteiger partial charge in [0.05, 0.1) is 20.0 Å². The van der Waals surface area contributed by atoms with Gasteiger partial charge in [0.1, 0.15) is 6.08 Å². The van der Waals surface area contributed by atoms with E-state index in [1.165, 1.54) is 25.7 Å². The van der Waals surface area contributed by atoms with Crippen LogP contribution in [0.2, 0.25) is 0 Å². The van der Waals surface area contributed by atoms with Gasteiger partial charge in [0.25, 0.3) is 0 Å². The van der Waals surface area contributed by atoms with E-state index in [-0.39, 0.29) is 6.61 Å². The molecule has 0 spiro atoms. The fourth-order valence-corrected chi connectivity index (χ4v) is 2.19. The number of aliphatic hydroxyl groups is 2. The van der Waals surface area contributed by atoms with E-state index in [9.17, 15) is 10.2 Å². The minimum Gasteiger partial charge on any atom is -0.394 e. The summed E-state index contributed by atoms with van der Waals surface area (Å²) in [6.45, 7) is -4.60. The molecule has 0 aliphatic carbocycles. The van der Waals surface area contributed by atoms with E-state index in [0.717, 1.165) is 25.7 Å². The van der Waals surface area contributed by atoms with Crippen LogP contribution in [-0.2, 0) is 4.74 Å². The lowest BCUT2D eigenvalue weighted by molar-refractivity contribution is -0.0206. The molecule has 0 bridgehead atoms. The van der Waals surface area contributed by atoms with E-state index >= 15 is 0 Å². The van der Waals surface area contributed by atoms with Gasteiger partial charge in [-0.2, -0.15) is 0 Å². The van der Waals surface area contributed by atoms with E-state index in [1.54, 1.807) is 0 Å². The van der Waals surface area contributed by atoms with Gasteiger partial charge in [-0.1, -0.05) is 68.4 Å². The van der Waals surface area contributed by atoms with Crippen LogP contribution in [0.4, 0.5) is 0 Å². The van der Waals surface area contributed by atoms with Gasteiger partial charge in [-0.3, -0.25) is 0 Å². The van der Waals surface area contributed by atoms with Crippen LogP contribution in [0.1, 0.15) is 78.0 Å². The van der Waals surface area contributed by atoms with Crippen molar-refractivity contribution in [1.82, 2.24) is 0 Å². The largest absolute Gasteiger partial charge is 0.394 e. The van der Waals surface area contributed by atoms with Gasteiger partial charge in [0, 0.05) is 6.61 Å². The molecule has 3 nitrogen and oxygen atoms in total. The maximum Gasteiger partial charge on any atom is 0.104 e. The first-order chi connectivity index (χ1) is 14.6. The Kier molecular flexibility index (Phi) is 14.3. The van der Waals surface area contributed by atoms with Crippen molar-refractivity contribution in [3.8, 4) is 0 Å². The van der Waals surface area contributed by atoms with Gasteiger partial charge < -0.3 is 14.9 Å². The van der Waals surface area contributed by atoms with Gasteiger partial charge in [0.15, 0.2) is 0 Å². The maximum absolute atomic E-state index is 9.32. The standard InChI is InChI=1S/C23H40O3/c1-2-3-4-5-6-7-8-9-10-11-12-13-14-15-16-17-18-19-20-26-23(21-24)22-25/h6-7,9-10,12-13,15-16,23-25H,2-5,8,11,14,17-22H2,1H3/b7-6-,10-9-,13-12-,16-15-/i21D2,22D2,23D. The first kappa shape index (κ1) is 17.0. The van der Waals surface area contributed by atoms with E-state index in [2.05, 4.69) is 43.4 Å². The second-order valence-corrected chi connectivity index (χ2v) is 5.99. The minimum atomic E-state index is -3.34. The average Bonchev–Trinajstić information content (AvgIpc) is 2.67. The van der Waals surface area contributed by atoms with Crippen molar-refractivity contribution in [2.75, 3.05) is 19.7 Å². The van der Waals surface area contributed by atoms with Crippen LogP contribution in [0.5, 0.6) is 0 Å². The highest BCUT2D eigenvalue weighted by Crippen LogP contribution is 2.02. The molecular formula is C23H40O3. The molecule has 0 atom stereocenters. The van der Waals surface area contributed by atoms with Gasteiger partial charge in [0.2, 0.25) is 0 Å². The molecule has 0 radical (unpaired) electrons. The fraction of sp³-hybridized carbons (Fsp3) is 0.652. The Hall–Kier alpha value is -1.16. The van der Waals surface area contributed by atoms with Gasteiger partial charge in [-0.15, -0.1) is 0 Å². The zero-order valence-corrected chi connectivity index (χ0v) is 16.2. The molecule has 26 heavy (non-hydrogen) atoms. The molecule has 0 saturated carbocycles. The SMILES string of the molecule is [2H]C([2H])(O)C([2H])(OCCCC/C=C\C/C=C\C/C=C\C/C=C\CCCCC)C([2H])([2H])O. The number of hydrogen-bond acceptors (Lipinski definition) is 3. The number of hydrogen-bond donors (Lipinski definition) is 2. The van der Waals surface area contributed by atoms with Crippen molar-refractivity contribution in [2.45, 2.75) is 77.2 Å². The normalized spacial score (nSPS) is 17.1. The topological polar surface area (TPSA) is 49.7 Å². The molecule has 150 valence electrons. The van der Waals surface area contributed by atoms with E-state index in [4.69, 9.17) is 11.6 Å². The molecular weight excluding hydrogens is 324 g/mol. The van der Waals surface area contributed by atoms with Gasteiger partial charge >= 0.3 is 0 Å². The molecule has 0 fully saturated rings. The Morgan fingerprint density at radius 3 is 1.69 bits per heavy atom. The van der Waals surface area contributed by atoms with Crippen molar-refractivity contribution in [1.29, 1.82) is 0 Å². The first-order valence-electron chi connectivity index (χ1n) is 12.2. The van der Waals surface area contributed by atoms with E-state index in [1.807, 2.05) is 12.2 Å². The molecule has 0 aromatic rings. The van der Waals surface area contributed by atoms with Crippen LogP contribution >= 0.6 is 0 Å². The van der Waals surface area contributed by atoms with Crippen molar-refractivity contribution in [3.05, 3.63) is 48.6 Å². The smallest absolute Gasteiger partial charge is 0.104 e. The molecule has 0 aliphatic rings. The third-order valence-corrected chi connectivity index (χ3v) is 3.67. The van der Waals surface area contributed by atoms with Crippen LogP contribution < -0.4 is 0 Å². The Labute approximate surface area is 168 Å².